The highest BCUT2D eigenvalue weighted by atomic mass is 35.5. The third kappa shape index (κ3) is 2.84. The molecule has 0 spiro atoms. The van der Waals surface area contributed by atoms with E-state index in [0.29, 0.717) is 11.4 Å². The van der Waals surface area contributed by atoms with Gasteiger partial charge in [-0.05, 0) is 43.1 Å². The van der Waals surface area contributed by atoms with Crippen LogP contribution in [0.5, 0.6) is 0 Å². The van der Waals surface area contributed by atoms with Crippen LogP contribution in [-0.4, -0.2) is 15.9 Å². The minimum Gasteiger partial charge on any atom is -0.306 e. The predicted octanol–water partition coefficient (Wildman–Crippen LogP) is 3.00. The van der Waals surface area contributed by atoms with Gasteiger partial charge in [0.15, 0.2) is 0 Å². The van der Waals surface area contributed by atoms with E-state index < -0.39 is 0 Å². The van der Waals surface area contributed by atoms with E-state index in [4.69, 9.17) is 11.6 Å². The van der Waals surface area contributed by atoms with E-state index in [1.54, 1.807) is 12.1 Å². The third-order valence-electron chi connectivity index (χ3n) is 2.49. The molecule has 5 heteroatoms. The van der Waals surface area contributed by atoms with Crippen LogP contribution >= 0.6 is 11.6 Å². The second kappa shape index (κ2) is 5.14. The van der Waals surface area contributed by atoms with E-state index in [9.17, 15) is 4.79 Å². The number of nitrogens with one attached hydrogen (secondary N) is 1. The molecule has 0 radical (unpaired) electrons. The fourth-order valence-corrected chi connectivity index (χ4v) is 1.80. The Hall–Kier alpha value is -1.94. The molecule has 0 unspecified atom stereocenters. The van der Waals surface area contributed by atoms with Gasteiger partial charge in [0.2, 0.25) is 5.28 Å². The lowest BCUT2D eigenvalue weighted by Gasteiger charge is -2.07. The zero-order valence-corrected chi connectivity index (χ0v) is 10.8. The molecular formula is C13H12ClN3O. The molecule has 0 aliphatic heterocycles. The monoisotopic (exact) mass is 261 g/mol. The minimum atomic E-state index is -0.206. The lowest BCUT2D eigenvalue weighted by molar-refractivity contribution is 0.102. The van der Waals surface area contributed by atoms with Crippen molar-refractivity contribution in [2.45, 2.75) is 13.8 Å². The van der Waals surface area contributed by atoms with Gasteiger partial charge in [0, 0.05) is 11.8 Å². The number of carbonyl (C=O) groups is 1. The summed E-state index contributed by atoms with van der Waals surface area (Å²) in [4.78, 5) is 19.7. The predicted molar refractivity (Wildman–Crippen MR) is 70.9 cm³/mol. The van der Waals surface area contributed by atoms with Crippen LogP contribution in [-0.2, 0) is 0 Å². The van der Waals surface area contributed by atoms with Gasteiger partial charge in [0.1, 0.15) is 5.82 Å². The van der Waals surface area contributed by atoms with Crippen LogP contribution in [0.15, 0.2) is 30.5 Å². The number of hydrogen-bond donors (Lipinski definition) is 1. The third-order valence-corrected chi connectivity index (χ3v) is 2.68. The van der Waals surface area contributed by atoms with Crippen LogP contribution in [0.3, 0.4) is 0 Å². The Bertz CT molecular complexity index is 599. The van der Waals surface area contributed by atoms with Crippen molar-refractivity contribution in [3.63, 3.8) is 0 Å². The summed E-state index contributed by atoms with van der Waals surface area (Å²) in [6.07, 6.45) is 1.49. The molecule has 4 nitrogen and oxygen atoms in total. The molecule has 1 amide bonds. The Balaban J connectivity index is 2.22. The van der Waals surface area contributed by atoms with Gasteiger partial charge in [0.25, 0.3) is 5.91 Å². The number of hydrogen-bond acceptors (Lipinski definition) is 3. The Kier molecular flexibility index (Phi) is 3.58. The van der Waals surface area contributed by atoms with Crippen molar-refractivity contribution in [1.82, 2.24) is 9.97 Å². The minimum absolute atomic E-state index is 0.105. The van der Waals surface area contributed by atoms with Crippen LogP contribution in [0.25, 0.3) is 0 Å². The molecule has 2 rings (SSSR count). The van der Waals surface area contributed by atoms with E-state index in [0.717, 1.165) is 11.1 Å². The van der Waals surface area contributed by atoms with Crippen molar-refractivity contribution in [1.29, 1.82) is 0 Å². The van der Waals surface area contributed by atoms with Crippen LogP contribution in [0.2, 0.25) is 5.28 Å². The van der Waals surface area contributed by atoms with Gasteiger partial charge in [-0.2, -0.15) is 0 Å². The van der Waals surface area contributed by atoms with Crippen LogP contribution in [0, 0.1) is 13.8 Å². The Morgan fingerprint density at radius 3 is 2.72 bits per heavy atom. The maximum Gasteiger partial charge on any atom is 0.257 e. The quantitative estimate of drug-likeness (QED) is 0.846. The van der Waals surface area contributed by atoms with E-state index in [-0.39, 0.29) is 11.2 Å². The summed E-state index contributed by atoms with van der Waals surface area (Å²) in [7, 11) is 0. The highest BCUT2D eigenvalue weighted by Crippen LogP contribution is 2.13. The summed E-state index contributed by atoms with van der Waals surface area (Å²) in [5.74, 6) is 0.183. The van der Waals surface area contributed by atoms with Crippen molar-refractivity contribution >= 4 is 23.3 Å². The van der Waals surface area contributed by atoms with Gasteiger partial charge in [-0.3, -0.25) is 4.79 Å². The second-order valence-electron chi connectivity index (χ2n) is 3.98. The first-order valence-electron chi connectivity index (χ1n) is 5.43. The summed E-state index contributed by atoms with van der Waals surface area (Å²) in [5.41, 5.74) is 2.66. The molecule has 1 N–H and O–H groups in total. The number of amides is 1. The smallest absolute Gasteiger partial charge is 0.257 e. The first kappa shape index (κ1) is 12.5. The zero-order chi connectivity index (χ0) is 13.1. The fraction of sp³-hybridized carbons (Fsp3) is 0.154. The molecule has 0 bridgehead atoms. The van der Waals surface area contributed by atoms with E-state index in [1.807, 2.05) is 26.0 Å². The van der Waals surface area contributed by atoms with Gasteiger partial charge in [-0.25, -0.2) is 9.97 Å². The summed E-state index contributed by atoms with van der Waals surface area (Å²) in [5, 5.41) is 2.79. The number of halogens is 1. The van der Waals surface area contributed by atoms with Crippen molar-refractivity contribution in [2.75, 3.05) is 5.32 Å². The van der Waals surface area contributed by atoms with Gasteiger partial charge >= 0.3 is 0 Å². The van der Waals surface area contributed by atoms with E-state index in [2.05, 4.69) is 15.3 Å². The number of benzene rings is 1. The van der Waals surface area contributed by atoms with Crippen LogP contribution < -0.4 is 5.32 Å². The molecule has 0 saturated heterocycles. The number of aromatic nitrogens is 2. The van der Waals surface area contributed by atoms with Gasteiger partial charge in [-0.1, -0.05) is 17.7 Å². The van der Waals surface area contributed by atoms with Crippen molar-refractivity contribution in [2.24, 2.45) is 0 Å². The molecule has 0 saturated carbocycles. The molecule has 92 valence electrons. The summed E-state index contributed by atoms with van der Waals surface area (Å²) >= 11 is 5.65. The Morgan fingerprint density at radius 2 is 2.06 bits per heavy atom. The summed E-state index contributed by atoms with van der Waals surface area (Å²) in [6.45, 7) is 3.88. The number of aryl methyl sites for hydroxylation is 2. The second-order valence-corrected chi connectivity index (χ2v) is 4.32. The number of anilines is 1. The lowest BCUT2D eigenvalue weighted by Crippen LogP contribution is -2.14. The highest BCUT2D eigenvalue weighted by Gasteiger charge is 2.10. The first-order valence-corrected chi connectivity index (χ1v) is 5.81. The van der Waals surface area contributed by atoms with Crippen molar-refractivity contribution < 1.29 is 4.79 Å². The molecule has 1 aromatic heterocycles. The van der Waals surface area contributed by atoms with Crippen molar-refractivity contribution in [3.8, 4) is 0 Å². The molecule has 0 fully saturated rings. The highest BCUT2D eigenvalue weighted by molar-refractivity contribution is 6.28. The molecule has 1 heterocycles. The van der Waals surface area contributed by atoms with Gasteiger partial charge < -0.3 is 5.32 Å². The number of nitrogens with zero attached hydrogens (tertiary/aromatic N) is 2. The molecule has 18 heavy (non-hydrogen) atoms. The maximum atomic E-state index is 12.0. The average molecular weight is 262 g/mol. The first-order chi connectivity index (χ1) is 8.56. The van der Waals surface area contributed by atoms with Crippen LogP contribution in [0.1, 0.15) is 21.5 Å². The Labute approximate surface area is 110 Å². The summed E-state index contributed by atoms with van der Waals surface area (Å²) < 4.78 is 0. The number of carbonyl (C=O) groups excluding carboxylic acids is 1. The zero-order valence-electron chi connectivity index (χ0n) is 10.1. The molecular weight excluding hydrogens is 250 g/mol. The average Bonchev–Trinajstić information content (AvgIpc) is 2.28. The normalized spacial score (nSPS) is 10.2. The molecule has 0 atom stereocenters. The topological polar surface area (TPSA) is 54.9 Å². The lowest BCUT2D eigenvalue weighted by atomic mass is 10.1. The maximum absolute atomic E-state index is 12.0. The van der Waals surface area contributed by atoms with Gasteiger partial charge in [0.05, 0.1) is 0 Å². The number of rotatable bonds is 2. The SMILES string of the molecule is Cc1ccc(C(=O)Nc2ccnc(Cl)n2)c(C)c1. The standard InChI is InChI=1S/C13H12ClN3O/c1-8-3-4-10(9(2)7-8)12(18)16-11-5-6-15-13(14)17-11/h3-7H,1-2H3,(H,15,16,17,18). The van der Waals surface area contributed by atoms with Crippen LogP contribution in [0.4, 0.5) is 5.82 Å². The van der Waals surface area contributed by atoms with E-state index in [1.165, 1.54) is 6.20 Å². The summed E-state index contributed by atoms with van der Waals surface area (Å²) in [6, 6.07) is 7.24. The molecule has 2 aromatic rings. The fourth-order valence-electron chi connectivity index (χ4n) is 1.66. The largest absolute Gasteiger partial charge is 0.306 e. The Morgan fingerprint density at radius 1 is 1.28 bits per heavy atom. The van der Waals surface area contributed by atoms with Crippen molar-refractivity contribution in [3.05, 3.63) is 52.4 Å². The van der Waals surface area contributed by atoms with E-state index >= 15 is 0 Å². The molecule has 1 aromatic carbocycles. The molecule has 0 aliphatic rings. The van der Waals surface area contributed by atoms with Gasteiger partial charge in [-0.15, -0.1) is 0 Å². The molecule has 0 aliphatic carbocycles.